The molecule has 3 N–H and O–H groups in total. The molecular weight excluding hydrogens is 644 g/mol. The molecule has 0 saturated carbocycles. The molecule has 1 heterocycles. The Hall–Kier alpha value is -4.51. The minimum Gasteiger partial charge on any atom is -0.321 e. The van der Waals surface area contributed by atoms with Crippen LogP contribution in [0.25, 0.3) is 6.08 Å². The van der Waals surface area contributed by atoms with Crippen molar-refractivity contribution in [1.82, 2.24) is 10.3 Å². The maximum Gasteiger partial charge on any atom is 0.272 e. The van der Waals surface area contributed by atoms with Crippen LogP contribution >= 0.6 is 39.0 Å². The highest BCUT2D eigenvalue weighted by Gasteiger charge is 2.23. The molecule has 0 aliphatic carbocycles. The molecule has 0 spiro atoms. The van der Waals surface area contributed by atoms with Crippen LogP contribution in [-0.2, 0) is 9.59 Å². The predicted molar refractivity (Wildman–Crippen MR) is 177 cm³/mol. The van der Waals surface area contributed by atoms with Crippen LogP contribution in [0.5, 0.6) is 0 Å². The Balaban J connectivity index is 1.32. The third kappa shape index (κ3) is 8.51. The summed E-state index contributed by atoms with van der Waals surface area (Å²) < 4.78 is 0.900. The fourth-order valence-electron chi connectivity index (χ4n) is 3.98. The van der Waals surface area contributed by atoms with Crippen molar-refractivity contribution in [2.24, 2.45) is 0 Å². The first-order valence-corrected chi connectivity index (χ1v) is 15.7. The van der Waals surface area contributed by atoms with Gasteiger partial charge in [0.15, 0.2) is 5.13 Å². The van der Waals surface area contributed by atoms with Gasteiger partial charge in [0.05, 0.1) is 0 Å². The third-order valence-electron chi connectivity index (χ3n) is 6.08. The van der Waals surface area contributed by atoms with Crippen molar-refractivity contribution in [2.75, 3.05) is 10.6 Å². The second-order valence-corrected chi connectivity index (χ2v) is 12.1. The molecule has 0 aliphatic heterocycles. The number of hydrogen-bond donors (Lipinski definition) is 3. The molecule has 5 aromatic rings. The van der Waals surface area contributed by atoms with Crippen LogP contribution in [0.4, 0.5) is 10.8 Å². The quantitative estimate of drug-likeness (QED) is 0.104. The molecule has 3 amide bonds. The lowest BCUT2D eigenvalue weighted by Gasteiger charge is -2.16. The number of thioether (sulfide) groups is 1. The largest absolute Gasteiger partial charge is 0.321 e. The number of nitrogens with one attached hydrogen (secondary N) is 3. The van der Waals surface area contributed by atoms with Crippen molar-refractivity contribution in [2.45, 2.75) is 10.1 Å². The van der Waals surface area contributed by atoms with Crippen molar-refractivity contribution in [1.29, 1.82) is 0 Å². The van der Waals surface area contributed by atoms with Crippen LogP contribution < -0.4 is 16.0 Å². The predicted octanol–water partition coefficient (Wildman–Crippen LogP) is 7.79. The minimum absolute atomic E-state index is 0.0950. The zero-order valence-corrected chi connectivity index (χ0v) is 25.8. The lowest BCUT2D eigenvalue weighted by molar-refractivity contribution is -0.116. The molecular formula is C33H25BrN4O3S2. The zero-order valence-electron chi connectivity index (χ0n) is 22.6. The molecule has 214 valence electrons. The van der Waals surface area contributed by atoms with Gasteiger partial charge >= 0.3 is 0 Å². The second-order valence-electron chi connectivity index (χ2n) is 9.14. The smallest absolute Gasteiger partial charge is 0.272 e. The van der Waals surface area contributed by atoms with Gasteiger partial charge in [-0.2, -0.15) is 0 Å². The van der Waals surface area contributed by atoms with E-state index < -0.39 is 17.1 Å². The molecule has 0 radical (unpaired) electrons. The van der Waals surface area contributed by atoms with E-state index in [0.29, 0.717) is 16.4 Å². The van der Waals surface area contributed by atoms with E-state index in [1.165, 1.54) is 23.1 Å². The highest BCUT2D eigenvalue weighted by atomic mass is 79.9. The fourth-order valence-corrected chi connectivity index (χ4v) is 5.80. The van der Waals surface area contributed by atoms with E-state index in [-0.39, 0.29) is 11.6 Å². The van der Waals surface area contributed by atoms with Crippen LogP contribution in [0.15, 0.2) is 136 Å². The number of hydrogen-bond acceptors (Lipinski definition) is 6. The molecule has 0 bridgehead atoms. The van der Waals surface area contributed by atoms with Crippen molar-refractivity contribution in [3.63, 3.8) is 0 Å². The normalized spacial score (nSPS) is 11.8. The zero-order chi connectivity index (χ0) is 30.0. The molecule has 1 unspecified atom stereocenters. The Kier molecular flexibility index (Phi) is 10.2. The van der Waals surface area contributed by atoms with E-state index in [9.17, 15) is 14.4 Å². The van der Waals surface area contributed by atoms with E-state index in [0.717, 1.165) is 20.5 Å². The standard InChI is InChI=1S/C33H25BrN4O3S2/c34-25-13-11-22(12-14-25)21-28(37-30(39)24-9-5-2-6-10-24)31(40)36-26-15-17-27(18-16-26)43-29(23-7-3-1-4-8-23)32(41)38-33-35-19-20-42-33/h1-21,29H,(H,36,40)(H,37,39)(H,35,38,41)/b28-21-. The number of nitrogens with zero attached hydrogens (tertiary/aromatic N) is 1. The first-order chi connectivity index (χ1) is 20.9. The molecule has 5 rings (SSSR count). The first kappa shape index (κ1) is 30.0. The van der Waals surface area contributed by atoms with Crippen molar-refractivity contribution < 1.29 is 14.4 Å². The SMILES string of the molecule is O=C(Nc1ccc(SC(C(=O)Nc2nccs2)c2ccccc2)cc1)/C(=C/c1ccc(Br)cc1)NC(=O)c1ccccc1. The number of benzene rings is 4. The third-order valence-corrected chi connectivity index (χ3v) is 8.56. The number of carbonyl (C=O) groups is 3. The summed E-state index contributed by atoms with van der Waals surface area (Å²) in [7, 11) is 0. The summed E-state index contributed by atoms with van der Waals surface area (Å²) in [5, 5.41) is 10.3. The Morgan fingerprint density at radius 1 is 0.814 bits per heavy atom. The van der Waals surface area contributed by atoms with Crippen molar-refractivity contribution >= 4 is 73.6 Å². The number of anilines is 2. The Labute approximate surface area is 265 Å². The summed E-state index contributed by atoms with van der Waals surface area (Å²) in [6.45, 7) is 0. The molecule has 7 nitrogen and oxygen atoms in total. The summed E-state index contributed by atoms with van der Waals surface area (Å²) in [5.74, 6) is -1.05. The van der Waals surface area contributed by atoms with Gasteiger partial charge in [-0.1, -0.05) is 76.6 Å². The van der Waals surface area contributed by atoms with Crippen LogP contribution in [0.3, 0.4) is 0 Å². The van der Waals surface area contributed by atoms with Crippen LogP contribution in [0.1, 0.15) is 26.7 Å². The molecule has 1 atom stereocenters. The van der Waals surface area contributed by atoms with Gasteiger partial charge in [0.1, 0.15) is 10.9 Å². The highest BCUT2D eigenvalue weighted by Crippen LogP contribution is 2.37. The topological polar surface area (TPSA) is 100 Å². The van der Waals surface area contributed by atoms with Gasteiger partial charge in [-0.3, -0.25) is 14.4 Å². The Morgan fingerprint density at radius 2 is 1.49 bits per heavy atom. The first-order valence-electron chi connectivity index (χ1n) is 13.1. The summed E-state index contributed by atoms with van der Waals surface area (Å²) in [6, 6.07) is 32.8. The molecule has 1 aromatic heterocycles. The number of rotatable bonds is 10. The van der Waals surface area contributed by atoms with Gasteiger partial charge in [0.2, 0.25) is 5.91 Å². The number of thiazole rings is 1. The van der Waals surface area contributed by atoms with Gasteiger partial charge < -0.3 is 16.0 Å². The Bertz CT molecular complexity index is 1710. The molecule has 0 fully saturated rings. The average molecular weight is 670 g/mol. The average Bonchev–Trinajstić information content (AvgIpc) is 3.55. The van der Waals surface area contributed by atoms with E-state index in [1.807, 2.05) is 72.8 Å². The van der Waals surface area contributed by atoms with E-state index in [4.69, 9.17) is 0 Å². The molecule has 4 aromatic carbocycles. The number of carbonyl (C=O) groups excluding carboxylic acids is 3. The molecule has 0 aliphatic rings. The fraction of sp³-hybridized carbons (Fsp3) is 0.0303. The van der Waals surface area contributed by atoms with E-state index >= 15 is 0 Å². The summed E-state index contributed by atoms with van der Waals surface area (Å²) >= 11 is 6.17. The second kappa shape index (κ2) is 14.6. The molecule has 43 heavy (non-hydrogen) atoms. The number of halogens is 1. The number of aromatic nitrogens is 1. The maximum absolute atomic E-state index is 13.4. The minimum atomic E-state index is -0.515. The summed E-state index contributed by atoms with van der Waals surface area (Å²) in [4.78, 5) is 44.5. The van der Waals surface area contributed by atoms with Crippen molar-refractivity contribution in [3.05, 3.63) is 148 Å². The Morgan fingerprint density at radius 3 is 2.14 bits per heavy atom. The highest BCUT2D eigenvalue weighted by molar-refractivity contribution is 9.10. The van der Waals surface area contributed by atoms with Gasteiger partial charge in [-0.15, -0.1) is 23.1 Å². The lowest BCUT2D eigenvalue weighted by atomic mass is 10.1. The van der Waals surface area contributed by atoms with Crippen molar-refractivity contribution in [3.8, 4) is 0 Å². The summed E-state index contributed by atoms with van der Waals surface area (Å²) in [5.41, 5.74) is 2.67. The van der Waals surface area contributed by atoms with E-state index in [1.54, 1.807) is 54.1 Å². The van der Waals surface area contributed by atoms with Crippen LogP contribution in [0.2, 0.25) is 0 Å². The van der Waals surface area contributed by atoms with Crippen LogP contribution in [-0.4, -0.2) is 22.7 Å². The molecule has 0 saturated heterocycles. The van der Waals surface area contributed by atoms with Gasteiger partial charge in [0, 0.05) is 32.2 Å². The lowest BCUT2D eigenvalue weighted by Crippen LogP contribution is -2.30. The maximum atomic E-state index is 13.4. The van der Waals surface area contributed by atoms with E-state index in [2.05, 4.69) is 36.9 Å². The number of amides is 3. The van der Waals surface area contributed by atoms with Gasteiger partial charge in [0.25, 0.3) is 11.8 Å². The van der Waals surface area contributed by atoms with Gasteiger partial charge in [-0.25, -0.2) is 4.98 Å². The molecule has 10 heteroatoms. The summed E-state index contributed by atoms with van der Waals surface area (Å²) in [6.07, 6.45) is 3.27. The van der Waals surface area contributed by atoms with Crippen LogP contribution in [0, 0.1) is 0 Å². The monoisotopic (exact) mass is 668 g/mol. The van der Waals surface area contributed by atoms with Gasteiger partial charge in [-0.05, 0) is 65.7 Å².